The molecule has 0 aliphatic heterocycles. The van der Waals surface area contributed by atoms with Crippen LogP contribution < -0.4 is 11.5 Å². The van der Waals surface area contributed by atoms with E-state index in [4.69, 9.17) is 11.5 Å². The Labute approximate surface area is 65.9 Å². The van der Waals surface area contributed by atoms with Crippen molar-refractivity contribution in [3.05, 3.63) is 0 Å². The predicted octanol–water partition coefficient (Wildman–Crippen LogP) is -0.442. The van der Waals surface area contributed by atoms with Crippen LogP contribution in [-0.2, 0) is 9.59 Å². The van der Waals surface area contributed by atoms with Crippen LogP contribution in [0, 0.1) is 0 Å². The van der Waals surface area contributed by atoms with Gasteiger partial charge in [0, 0.05) is 6.42 Å². The number of nitrogens with two attached hydrogens (primary N) is 2. The van der Waals surface area contributed by atoms with Gasteiger partial charge < -0.3 is 16.3 Å². The van der Waals surface area contributed by atoms with Gasteiger partial charge in [-0.1, -0.05) is 6.42 Å². The number of amides is 1. The van der Waals surface area contributed by atoms with Gasteiger partial charge >= 0.3 is 0 Å². The first-order valence-electron chi connectivity index (χ1n) is 3.67. The maximum absolute atomic E-state index is 10.4. The van der Waals surface area contributed by atoms with Gasteiger partial charge in [0.05, 0.1) is 6.04 Å². The monoisotopic (exact) mass is 158 g/mol. The molecule has 0 bridgehead atoms. The van der Waals surface area contributed by atoms with Crippen molar-refractivity contribution in [3.8, 4) is 0 Å². The van der Waals surface area contributed by atoms with Crippen LogP contribution >= 0.6 is 0 Å². The molecule has 0 aromatic rings. The van der Waals surface area contributed by atoms with Crippen LogP contribution in [0.3, 0.4) is 0 Å². The molecule has 11 heavy (non-hydrogen) atoms. The van der Waals surface area contributed by atoms with E-state index >= 15 is 0 Å². The van der Waals surface area contributed by atoms with Crippen molar-refractivity contribution in [2.75, 3.05) is 0 Å². The molecule has 0 rings (SSSR count). The Bertz CT molecular complexity index is 136. The molecule has 4 N–H and O–H groups in total. The van der Waals surface area contributed by atoms with Crippen LogP contribution in [0.15, 0.2) is 0 Å². The summed E-state index contributed by atoms with van der Waals surface area (Å²) < 4.78 is 0. The number of carbonyl (C=O) groups excluding carboxylic acids is 2. The van der Waals surface area contributed by atoms with Crippen molar-refractivity contribution in [1.29, 1.82) is 0 Å². The Morgan fingerprint density at radius 2 is 2.09 bits per heavy atom. The molecular weight excluding hydrogens is 144 g/mol. The maximum atomic E-state index is 10.4. The van der Waals surface area contributed by atoms with E-state index in [1.165, 1.54) is 0 Å². The first-order valence-corrected chi connectivity index (χ1v) is 3.67. The van der Waals surface area contributed by atoms with Crippen molar-refractivity contribution in [2.45, 2.75) is 31.7 Å². The van der Waals surface area contributed by atoms with Crippen LogP contribution in [0.1, 0.15) is 25.7 Å². The minimum absolute atomic E-state index is 0.476. The van der Waals surface area contributed by atoms with Crippen molar-refractivity contribution in [2.24, 2.45) is 11.5 Å². The summed E-state index contributed by atoms with van der Waals surface area (Å²) in [5.41, 5.74) is 10.3. The van der Waals surface area contributed by atoms with Gasteiger partial charge in [-0.15, -0.1) is 0 Å². The van der Waals surface area contributed by atoms with E-state index in [-0.39, 0.29) is 0 Å². The SMILES string of the molecule is NC(=O)C(N)CCCCC=O. The molecule has 0 saturated heterocycles. The van der Waals surface area contributed by atoms with E-state index in [1.54, 1.807) is 0 Å². The highest BCUT2D eigenvalue weighted by molar-refractivity contribution is 5.79. The number of hydrogen-bond donors (Lipinski definition) is 2. The van der Waals surface area contributed by atoms with E-state index in [2.05, 4.69) is 0 Å². The Balaban J connectivity index is 3.24. The minimum Gasteiger partial charge on any atom is -0.368 e. The average Bonchev–Trinajstić information content (AvgIpc) is 1.97. The van der Waals surface area contributed by atoms with Gasteiger partial charge in [-0.25, -0.2) is 0 Å². The van der Waals surface area contributed by atoms with Gasteiger partial charge in [-0.05, 0) is 12.8 Å². The Morgan fingerprint density at radius 1 is 1.45 bits per heavy atom. The fourth-order valence-electron chi connectivity index (χ4n) is 0.734. The third-order valence-corrected chi connectivity index (χ3v) is 1.45. The highest BCUT2D eigenvalue weighted by Crippen LogP contribution is 1.99. The molecule has 1 atom stereocenters. The summed E-state index contributed by atoms with van der Waals surface area (Å²) in [5, 5.41) is 0. The number of hydrogen-bond acceptors (Lipinski definition) is 3. The van der Waals surface area contributed by atoms with Crippen LogP contribution in [0.2, 0.25) is 0 Å². The molecule has 0 spiro atoms. The first-order chi connectivity index (χ1) is 5.18. The molecule has 0 aromatic heterocycles. The Kier molecular flexibility index (Phi) is 5.37. The zero-order valence-electron chi connectivity index (χ0n) is 6.45. The van der Waals surface area contributed by atoms with E-state index < -0.39 is 11.9 Å². The number of carbonyl (C=O) groups is 2. The van der Waals surface area contributed by atoms with Crippen molar-refractivity contribution in [3.63, 3.8) is 0 Å². The van der Waals surface area contributed by atoms with Crippen molar-refractivity contribution < 1.29 is 9.59 Å². The van der Waals surface area contributed by atoms with Gasteiger partial charge in [-0.3, -0.25) is 4.79 Å². The molecule has 4 nitrogen and oxygen atoms in total. The Hall–Kier alpha value is -0.900. The zero-order valence-corrected chi connectivity index (χ0v) is 6.45. The lowest BCUT2D eigenvalue weighted by atomic mass is 10.1. The number of rotatable bonds is 6. The quantitative estimate of drug-likeness (QED) is 0.406. The van der Waals surface area contributed by atoms with Gasteiger partial charge in [0.1, 0.15) is 6.29 Å². The molecular formula is C7H14N2O2. The number of primary amides is 1. The molecule has 0 fully saturated rings. The van der Waals surface area contributed by atoms with Gasteiger partial charge in [0.15, 0.2) is 0 Å². The topological polar surface area (TPSA) is 86.2 Å². The van der Waals surface area contributed by atoms with Gasteiger partial charge in [-0.2, -0.15) is 0 Å². The second-order valence-electron chi connectivity index (χ2n) is 2.46. The second kappa shape index (κ2) is 5.85. The maximum Gasteiger partial charge on any atom is 0.234 e. The summed E-state index contributed by atoms with van der Waals surface area (Å²) in [7, 11) is 0. The largest absolute Gasteiger partial charge is 0.368 e. The summed E-state index contributed by atoms with van der Waals surface area (Å²) in [6, 6.07) is -0.554. The summed E-state index contributed by atoms with van der Waals surface area (Å²) in [4.78, 5) is 20.3. The van der Waals surface area contributed by atoms with Crippen LogP contribution in [0.25, 0.3) is 0 Å². The fourth-order valence-corrected chi connectivity index (χ4v) is 0.734. The lowest BCUT2D eigenvalue weighted by molar-refractivity contribution is -0.119. The summed E-state index contributed by atoms with van der Waals surface area (Å²) in [5.74, 6) is -0.476. The molecule has 64 valence electrons. The number of aldehydes is 1. The van der Waals surface area contributed by atoms with Crippen molar-refractivity contribution >= 4 is 12.2 Å². The van der Waals surface area contributed by atoms with E-state index in [1.807, 2.05) is 0 Å². The smallest absolute Gasteiger partial charge is 0.234 e. The molecule has 0 aliphatic rings. The Morgan fingerprint density at radius 3 is 2.55 bits per heavy atom. The molecule has 0 saturated carbocycles. The summed E-state index contributed by atoms with van der Waals surface area (Å²) in [6.45, 7) is 0. The van der Waals surface area contributed by atoms with Gasteiger partial charge in [0.25, 0.3) is 0 Å². The lowest BCUT2D eigenvalue weighted by Crippen LogP contribution is -2.36. The molecule has 0 heterocycles. The van der Waals surface area contributed by atoms with Gasteiger partial charge in [0.2, 0.25) is 5.91 Å². The highest BCUT2D eigenvalue weighted by atomic mass is 16.1. The standard InChI is InChI=1S/C7H14N2O2/c8-6(7(9)11)4-2-1-3-5-10/h5-6H,1-4,8H2,(H2,9,11). The normalized spacial score (nSPS) is 12.5. The number of unbranched alkanes of at least 4 members (excludes halogenated alkanes) is 2. The third kappa shape index (κ3) is 5.54. The third-order valence-electron chi connectivity index (χ3n) is 1.45. The molecule has 1 unspecified atom stereocenters. The summed E-state index contributed by atoms with van der Waals surface area (Å²) >= 11 is 0. The van der Waals surface area contributed by atoms with E-state index in [0.29, 0.717) is 12.8 Å². The summed E-state index contributed by atoms with van der Waals surface area (Å²) in [6.07, 6.45) is 3.53. The minimum atomic E-state index is -0.554. The zero-order chi connectivity index (χ0) is 8.69. The predicted molar refractivity (Wildman–Crippen MR) is 41.7 cm³/mol. The van der Waals surface area contributed by atoms with Crippen LogP contribution in [0.4, 0.5) is 0 Å². The highest BCUT2D eigenvalue weighted by Gasteiger charge is 2.07. The molecule has 0 radical (unpaired) electrons. The molecule has 0 aromatic carbocycles. The van der Waals surface area contributed by atoms with E-state index in [0.717, 1.165) is 19.1 Å². The lowest BCUT2D eigenvalue weighted by Gasteiger charge is -2.04. The fraction of sp³-hybridized carbons (Fsp3) is 0.714. The molecule has 1 amide bonds. The molecule has 0 aliphatic carbocycles. The van der Waals surface area contributed by atoms with Crippen molar-refractivity contribution in [1.82, 2.24) is 0 Å². The first kappa shape index (κ1) is 10.1. The average molecular weight is 158 g/mol. The van der Waals surface area contributed by atoms with Crippen LogP contribution in [0.5, 0.6) is 0 Å². The second-order valence-corrected chi connectivity index (χ2v) is 2.46. The van der Waals surface area contributed by atoms with E-state index in [9.17, 15) is 9.59 Å². The molecule has 4 heteroatoms. The van der Waals surface area contributed by atoms with Crippen LogP contribution in [-0.4, -0.2) is 18.2 Å².